The number of ether oxygens (including phenoxy) is 2. The number of hydrogen-bond donors (Lipinski definition) is 1. The lowest BCUT2D eigenvalue weighted by Crippen LogP contribution is -2.39. The average molecular weight is 347 g/mol. The summed E-state index contributed by atoms with van der Waals surface area (Å²) in [6, 6.07) is 3.18. The van der Waals surface area contributed by atoms with Crippen LogP contribution in [0.2, 0.25) is 0 Å². The van der Waals surface area contributed by atoms with E-state index in [-0.39, 0.29) is 10.3 Å². The zero-order valence-electron chi connectivity index (χ0n) is 12.7. The van der Waals surface area contributed by atoms with Crippen LogP contribution in [0.25, 0.3) is 0 Å². The molecule has 22 heavy (non-hydrogen) atoms. The Morgan fingerprint density at radius 1 is 1.50 bits per heavy atom. The van der Waals surface area contributed by atoms with Crippen LogP contribution in [0, 0.1) is 6.92 Å². The molecule has 1 aliphatic heterocycles. The van der Waals surface area contributed by atoms with Gasteiger partial charge in [0, 0.05) is 11.5 Å². The van der Waals surface area contributed by atoms with Crippen LogP contribution in [0.4, 0.5) is 0 Å². The molecule has 0 aromatic carbocycles. The topological polar surface area (TPSA) is 81.7 Å². The average Bonchev–Trinajstić information content (AvgIpc) is 2.93. The third-order valence-electron chi connectivity index (χ3n) is 3.39. The van der Waals surface area contributed by atoms with Crippen molar-refractivity contribution >= 4 is 27.3 Å². The van der Waals surface area contributed by atoms with Gasteiger partial charge in [-0.1, -0.05) is 0 Å². The highest BCUT2D eigenvalue weighted by Gasteiger charge is 2.24. The molecular weight excluding hydrogens is 326 g/mol. The minimum atomic E-state index is -3.82. The normalized spacial score (nSPS) is 20.5. The van der Waals surface area contributed by atoms with Crippen molar-refractivity contribution in [3.63, 3.8) is 0 Å². The molecule has 1 aromatic heterocycles. The Morgan fingerprint density at radius 3 is 2.86 bits per heavy atom. The van der Waals surface area contributed by atoms with Crippen molar-refractivity contribution in [3.8, 4) is 0 Å². The van der Waals surface area contributed by atoms with Gasteiger partial charge in [-0.3, -0.25) is 4.79 Å². The van der Waals surface area contributed by atoms with Gasteiger partial charge in [0.15, 0.2) is 0 Å². The fraction of sp³-hybridized carbons (Fsp3) is 0.643. The van der Waals surface area contributed by atoms with E-state index in [0.717, 1.165) is 35.5 Å². The molecule has 2 atom stereocenters. The molecule has 0 bridgehead atoms. The van der Waals surface area contributed by atoms with E-state index in [9.17, 15) is 13.2 Å². The molecule has 0 aliphatic carbocycles. The van der Waals surface area contributed by atoms with E-state index in [2.05, 4.69) is 4.72 Å². The Morgan fingerprint density at radius 2 is 2.27 bits per heavy atom. The maximum atomic E-state index is 12.1. The van der Waals surface area contributed by atoms with Crippen LogP contribution in [-0.4, -0.2) is 39.7 Å². The van der Waals surface area contributed by atoms with E-state index in [4.69, 9.17) is 9.47 Å². The predicted octanol–water partition coefficient (Wildman–Crippen LogP) is 1.84. The Labute approximate surface area is 134 Å². The third-order valence-corrected chi connectivity index (χ3v) is 6.23. The van der Waals surface area contributed by atoms with Crippen LogP contribution in [0.15, 0.2) is 16.3 Å². The Balaban J connectivity index is 1.85. The number of nitrogens with one attached hydrogen (secondary N) is 1. The van der Waals surface area contributed by atoms with E-state index in [1.165, 1.54) is 13.0 Å². The van der Waals surface area contributed by atoms with Gasteiger partial charge in [0.1, 0.15) is 10.3 Å². The number of thiophene rings is 1. The van der Waals surface area contributed by atoms with Crippen molar-refractivity contribution in [3.05, 3.63) is 17.0 Å². The molecule has 6 nitrogen and oxygen atoms in total. The molecule has 1 N–H and O–H groups in total. The minimum absolute atomic E-state index is 0.0134. The third kappa shape index (κ3) is 4.77. The summed E-state index contributed by atoms with van der Waals surface area (Å²) in [5.41, 5.74) is 0. The van der Waals surface area contributed by atoms with E-state index in [0.29, 0.717) is 13.2 Å². The van der Waals surface area contributed by atoms with Crippen LogP contribution >= 0.6 is 11.3 Å². The maximum absolute atomic E-state index is 12.1. The zero-order chi connectivity index (χ0) is 16.2. The summed E-state index contributed by atoms with van der Waals surface area (Å²) in [4.78, 5) is 12.8. The molecule has 0 radical (unpaired) electrons. The van der Waals surface area contributed by atoms with Crippen molar-refractivity contribution in [2.24, 2.45) is 0 Å². The number of sulfonamides is 1. The molecule has 124 valence electrons. The van der Waals surface area contributed by atoms with E-state index >= 15 is 0 Å². The molecule has 1 amide bonds. The second-order valence-corrected chi connectivity index (χ2v) is 8.50. The van der Waals surface area contributed by atoms with E-state index < -0.39 is 22.0 Å². The fourth-order valence-corrected chi connectivity index (χ4v) is 4.41. The van der Waals surface area contributed by atoms with E-state index in [1.807, 2.05) is 0 Å². The summed E-state index contributed by atoms with van der Waals surface area (Å²) in [5, 5.41) is 0. The van der Waals surface area contributed by atoms with Gasteiger partial charge in [0.2, 0.25) is 0 Å². The highest BCUT2D eigenvalue weighted by Crippen LogP contribution is 2.20. The summed E-state index contributed by atoms with van der Waals surface area (Å²) < 4.78 is 37.2. The molecule has 2 unspecified atom stereocenters. The molecule has 0 spiro atoms. The van der Waals surface area contributed by atoms with Gasteiger partial charge in [-0.15, -0.1) is 11.3 Å². The van der Waals surface area contributed by atoms with E-state index in [1.54, 1.807) is 13.0 Å². The summed E-state index contributed by atoms with van der Waals surface area (Å²) in [6.07, 6.45) is 2.18. The van der Waals surface area contributed by atoms with Crippen molar-refractivity contribution in [1.29, 1.82) is 0 Å². The highest BCUT2D eigenvalue weighted by atomic mass is 32.2. The number of carbonyl (C=O) groups excluding carboxylic acids is 1. The molecule has 0 saturated carbocycles. The maximum Gasteiger partial charge on any atom is 0.273 e. The van der Waals surface area contributed by atoms with Crippen molar-refractivity contribution < 1.29 is 22.7 Å². The summed E-state index contributed by atoms with van der Waals surface area (Å²) in [7, 11) is -3.82. The highest BCUT2D eigenvalue weighted by molar-refractivity contribution is 7.92. The smallest absolute Gasteiger partial charge is 0.273 e. The quantitative estimate of drug-likeness (QED) is 0.849. The fourth-order valence-electron chi connectivity index (χ4n) is 2.09. The Hall–Kier alpha value is -0.960. The lowest BCUT2D eigenvalue weighted by atomic mass is 10.1. The van der Waals surface area contributed by atoms with Gasteiger partial charge in [0.25, 0.3) is 15.9 Å². The van der Waals surface area contributed by atoms with Crippen molar-refractivity contribution in [2.75, 3.05) is 13.2 Å². The first-order valence-corrected chi connectivity index (χ1v) is 9.55. The first-order valence-electron chi connectivity index (χ1n) is 7.25. The predicted molar refractivity (Wildman–Crippen MR) is 83.4 cm³/mol. The molecule has 1 saturated heterocycles. The van der Waals surface area contributed by atoms with Crippen molar-refractivity contribution in [1.82, 2.24) is 4.72 Å². The van der Waals surface area contributed by atoms with Gasteiger partial charge >= 0.3 is 0 Å². The number of aryl methyl sites for hydroxylation is 1. The second-order valence-electron chi connectivity index (χ2n) is 5.30. The molecule has 2 heterocycles. The Bertz CT molecular complexity index is 605. The Kier molecular flexibility index (Phi) is 5.96. The molecule has 8 heteroatoms. The van der Waals surface area contributed by atoms with Crippen LogP contribution < -0.4 is 4.72 Å². The van der Waals surface area contributed by atoms with Gasteiger partial charge in [-0.25, -0.2) is 13.1 Å². The first kappa shape index (κ1) is 17.4. The standard InChI is InChI=1S/C14H21NO5S2/c1-10-6-7-13(21-10)22(17,18)15-14(16)11(2)20-9-12-5-3-4-8-19-12/h6-7,11-12H,3-5,8-9H2,1-2H3,(H,15,16). The van der Waals surface area contributed by atoms with Crippen LogP contribution in [0.3, 0.4) is 0 Å². The van der Waals surface area contributed by atoms with Gasteiger partial charge < -0.3 is 9.47 Å². The van der Waals surface area contributed by atoms with Crippen LogP contribution in [-0.2, 0) is 24.3 Å². The summed E-state index contributed by atoms with van der Waals surface area (Å²) in [5.74, 6) is -0.665. The molecular formula is C14H21NO5S2. The second kappa shape index (κ2) is 7.54. The van der Waals surface area contributed by atoms with Gasteiger partial charge in [-0.05, 0) is 45.2 Å². The monoisotopic (exact) mass is 347 g/mol. The van der Waals surface area contributed by atoms with Crippen LogP contribution in [0.1, 0.15) is 31.1 Å². The molecule has 1 aliphatic rings. The van der Waals surface area contributed by atoms with Gasteiger partial charge in [0.05, 0.1) is 12.7 Å². The zero-order valence-corrected chi connectivity index (χ0v) is 14.3. The molecule has 1 fully saturated rings. The SMILES string of the molecule is Cc1ccc(S(=O)(=O)NC(=O)C(C)OCC2CCCCO2)s1. The molecule has 2 rings (SSSR count). The number of hydrogen-bond acceptors (Lipinski definition) is 6. The lowest BCUT2D eigenvalue weighted by molar-refractivity contribution is -0.133. The molecule has 1 aromatic rings. The first-order chi connectivity index (χ1) is 10.4. The minimum Gasteiger partial charge on any atom is -0.376 e. The summed E-state index contributed by atoms with van der Waals surface area (Å²) >= 11 is 1.12. The largest absolute Gasteiger partial charge is 0.376 e. The lowest BCUT2D eigenvalue weighted by Gasteiger charge is -2.23. The van der Waals surface area contributed by atoms with Crippen molar-refractivity contribution in [2.45, 2.75) is 49.5 Å². The van der Waals surface area contributed by atoms with Crippen LogP contribution in [0.5, 0.6) is 0 Å². The number of amides is 1. The summed E-state index contributed by atoms with van der Waals surface area (Å²) in [6.45, 7) is 4.35. The van der Waals surface area contributed by atoms with Gasteiger partial charge in [-0.2, -0.15) is 0 Å². The number of rotatable bonds is 6. The number of carbonyl (C=O) groups is 1.